The maximum Gasteiger partial charge on any atom is 0.341 e. The van der Waals surface area contributed by atoms with Crippen molar-refractivity contribution < 1.29 is 18.7 Å². The standard InChI is InChI=1S/C19H23NO4S/c1-4-8-24-19(22)16-14-6-5-11(2)10-15(14)25-18(16)20-17(21)13-7-9-23-12(13)3/h7,9,11H,4-6,8,10H2,1-3H3,(H,20,21). The zero-order valence-electron chi connectivity index (χ0n) is 14.8. The Hall–Kier alpha value is -2.08. The van der Waals surface area contributed by atoms with E-state index in [0.717, 1.165) is 31.2 Å². The van der Waals surface area contributed by atoms with Crippen molar-refractivity contribution in [3.05, 3.63) is 39.7 Å². The predicted octanol–water partition coefficient (Wildman–Crippen LogP) is 4.59. The highest BCUT2D eigenvalue weighted by molar-refractivity contribution is 7.17. The summed E-state index contributed by atoms with van der Waals surface area (Å²) >= 11 is 1.50. The number of carbonyl (C=O) groups excluding carboxylic acids is 2. The summed E-state index contributed by atoms with van der Waals surface area (Å²) in [4.78, 5) is 26.3. The number of ether oxygens (including phenoxy) is 1. The highest BCUT2D eigenvalue weighted by Gasteiger charge is 2.29. The van der Waals surface area contributed by atoms with Crippen molar-refractivity contribution in [3.8, 4) is 0 Å². The van der Waals surface area contributed by atoms with Gasteiger partial charge in [-0.1, -0.05) is 13.8 Å². The van der Waals surface area contributed by atoms with Crippen LogP contribution in [0.15, 0.2) is 16.7 Å². The number of furan rings is 1. The molecular weight excluding hydrogens is 338 g/mol. The van der Waals surface area contributed by atoms with Crippen LogP contribution in [0.1, 0.15) is 63.6 Å². The Morgan fingerprint density at radius 3 is 2.92 bits per heavy atom. The number of fused-ring (bicyclic) bond motifs is 1. The maximum atomic E-state index is 12.6. The highest BCUT2D eigenvalue weighted by atomic mass is 32.1. The number of thiophene rings is 1. The predicted molar refractivity (Wildman–Crippen MR) is 97.5 cm³/mol. The summed E-state index contributed by atoms with van der Waals surface area (Å²) in [7, 11) is 0. The fourth-order valence-corrected chi connectivity index (χ4v) is 4.51. The van der Waals surface area contributed by atoms with Gasteiger partial charge in [0, 0.05) is 4.88 Å². The van der Waals surface area contributed by atoms with Gasteiger partial charge in [-0.3, -0.25) is 4.79 Å². The number of amides is 1. The van der Waals surface area contributed by atoms with E-state index in [1.807, 2.05) is 6.92 Å². The van der Waals surface area contributed by atoms with Crippen molar-refractivity contribution in [3.63, 3.8) is 0 Å². The third-order valence-corrected chi connectivity index (χ3v) is 5.65. The molecule has 0 spiro atoms. The molecule has 1 aliphatic rings. The number of hydrogen-bond donors (Lipinski definition) is 1. The minimum Gasteiger partial charge on any atom is -0.469 e. The lowest BCUT2D eigenvalue weighted by atomic mass is 9.88. The van der Waals surface area contributed by atoms with Gasteiger partial charge in [-0.05, 0) is 50.2 Å². The minimum absolute atomic E-state index is 0.262. The second kappa shape index (κ2) is 7.44. The van der Waals surface area contributed by atoms with Gasteiger partial charge < -0.3 is 14.5 Å². The van der Waals surface area contributed by atoms with E-state index in [-0.39, 0.29) is 11.9 Å². The van der Waals surface area contributed by atoms with Crippen molar-refractivity contribution in [1.82, 2.24) is 0 Å². The molecule has 134 valence electrons. The second-order valence-corrected chi connectivity index (χ2v) is 7.64. The van der Waals surface area contributed by atoms with E-state index in [9.17, 15) is 9.59 Å². The van der Waals surface area contributed by atoms with Crippen LogP contribution in [0.2, 0.25) is 0 Å². The van der Waals surface area contributed by atoms with Crippen LogP contribution in [0.5, 0.6) is 0 Å². The van der Waals surface area contributed by atoms with Crippen LogP contribution >= 0.6 is 11.3 Å². The zero-order chi connectivity index (χ0) is 18.0. The van der Waals surface area contributed by atoms with Crippen LogP contribution in [-0.4, -0.2) is 18.5 Å². The average Bonchev–Trinajstić information content (AvgIpc) is 3.15. The average molecular weight is 361 g/mol. The van der Waals surface area contributed by atoms with E-state index in [2.05, 4.69) is 12.2 Å². The van der Waals surface area contributed by atoms with Gasteiger partial charge in [0.1, 0.15) is 10.8 Å². The van der Waals surface area contributed by atoms with Crippen molar-refractivity contribution in [2.24, 2.45) is 5.92 Å². The topological polar surface area (TPSA) is 68.5 Å². The summed E-state index contributed by atoms with van der Waals surface area (Å²) in [6.45, 7) is 6.30. The van der Waals surface area contributed by atoms with Crippen LogP contribution < -0.4 is 5.32 Å². The molecule has 0 saturated heterocycles. The molecule has 0 aliphatic heterocycles. The third-order valence-electron chi connectivity index (χ3n) is 4.48. The van der Waals surface area contributed by atoms with Gasteiger partial charge in [0.15, 0.2) is 0 Å². The lowest BCUT2D eigenvalue weighted by molar-refractivity contribution is 0.0505. The quantitative estimate of drug-likeness (QED) is 0.791. The number of rotatable bonds is 5. The Balaban J connectivity index is 1.93. The number of aryl methyl sites for hydroxylation is 1. The molecule has 1 N–H and O–H groups in total. The Kier molecular flexibility index (Phi) is 5.27. The summed E-state index contributed by atoms with van der Waals surface area (Å²) in [5.74, 6) is 0.545. The smallest absolute Gasteiger partial charge is 0.341 e. The lowest BCUT2D eigenvalue weighted by Crippen LogP contribution is -2.17. The van der Waals surface area contributed by atoms with Crippen LogP contribution in [0.4, 0.5) is 5.00 Å². The molecule has 5 nitrogen and oxygen atoms in total. The van der Waals surface area contributed by atoms with Crippen LogP contribution in [-0.2, 0) is 17.6 Å². The molecule has 3 rings (SSSR count). The first-order chi connectivity index (χ1) is 12.0. The van der Waals surface area contributed by atoms with E-state index >= 15 is 0 Å². The molecule has 0 fully saturated rings. The second-order valence-electron chi connectivity index (χ2n) is 6.54. The third kappa shape index (κ3) is 3.63. The lowest BCUT2D eigenvalue weighted by Gasteiger charge is -2.18. The largest absolute Gasteiger partial charge is 0.469 e. The van der Waals surface area contributed by atoms with Gasteiger partial charge in [0.05, 0.1) is 24.0 Å². The summed E-state index contributed by atoms with van der Waals surface area (Å²) in [6.07, 6.45) is 5.09. The minimum atomic E-state index is -0.340. The molecule has 1 atom stereocenters. The Bertz CT molecular complexity index is 789. The van der Waals surface area contributed by atoms with Crippen molar-refractivity contribution >= 4 is 28.2 Å². The van der Waals surface area contributed by atoms with E-state index in [4.69, 9.17) is 9.15 Å². The summed E-state index contributed by atoms with van der Waals surface area (Å²) in [5, 5.41) is 3.49. The molecule has 0 saturated carbocycles. The van der Waals surface area contributed by atoms with E-state index in [0.29, 0.717) is 34.4 Å². The Morgan fingerprint density at radius 2 is 2.24 bits per heavy atom. The Labute approximate surface area is 151 Å². The SMILES string of the molecule is CCCOC(=O)c1c(NC(=O)c2ccoc2C)sc2c1CCC(C)C2. The molecule has 0 bridgehead atoms. The van der Waals surface area contributed by atoms with Crippen LogP contribution in [0.3, 0.4) is 0 Å². The van der Waals surface area contributed by atoms with Crippen molar-refractivity contribution in [2.75, 3.05) is 11.9 Å². The first-order valence-corrected chi connectivity index (χ1v) is 9.50. The fourth-order valence-electron chi connectivity index (χ4n) is 3.11. The molecule has 2 aromatic heterocycles. The monoisotopic (exact) mass is 361 g/mol. The molecule has 0 radical (unpaired) electrons. The molecular formula is C19H23NO4S. The fraction of sp³-hybridized carbons (Fsp3) is 0.474. The van der Waals surface area contributed by atoms with Gasteiger partial charge in [-0.2, -0.15) is 0 Å². The summed E-state index contributed by atoms with van der Waals surface area (Å²) in [6, 6.07) is 1.63. The zero-order valence-corrected chi connectivity index (χ0v) is 15.6. The highest BCUT2D eigenvalue weighted by Crippen LogP contribution is 2.40. The molecule has 2 aromatic rings. The molecule has 2 heterocycles. The van der Waals surface area contributed by atoms with Crippen LogP contribution in [0.25, 0.3) is 0 Å². The molecule has 0 aromatic carbocycles. The summed E-state index contributed by atoms with van der Waals surface area (Å²) in [5.41, 5.74) is 2.06. The van der Waals surface area contributed by atoms with Crippen molar-refractivity contribution in [1.29, 1.82) is 0 Å². The van der Waals surface area contributed by atoms with E-state index < -0.39 is 0 Å². The molecule has 6 heteroatoms. The molecule has 1 amide bonds. The van der Waals surface area contributed by atoms with Gasteiger partial charge in [0.25, 0.3) is 5.91 Å². The first-order valence-electron chi connectivity index (χ1n) is 8.68. The van der Waals surface area contributed by atoms with Crippen LogP contribution in [0, 0.1) is 12.8 Å². The first kappa shape index (κ1) is 17.7. The molecule has 1 aliphatic carbocycles. The Morgan fingerprint density at radius 1 is 1.44 bits per heavy atom. The number of hydrogen-bond acceptors (Lipinski definition) is 5. The number of carbonyl (C=O) groups is 2. The summed E-state index contributed by atoms with van der Waals surface area (Å²) < 4.78 is 10.6. The van der Waals surface area contributed by atoms with Gasteiger partial charge >= 0.3 is 5.97 Å². The van der Waals surface area contributed by atoms with E-state index in [1.165, 1.54) is 22.5 Å². The van der Waals surface area contributed by atoms with Crippen molar-refractivity contribution in [2.45, 2.75) is 46.5 Å². The van der Waals surface area contributed by atoms with Gasteiger partial charge in [0.2, 0.25) is 0 Å². The normalized spacial score (nSPS) is 16.4. The molecule has 25 heavy (non-hydrogen) atoms. The number of nitrogens with one attached hydrogen (secondary N) is 1. The van der Waals surface area contributed by atoms with Gasteiger partial charge in [-0.25, -0.2) is 4.79 Å². The maximum absolute atomic E-state index is 12.6. The van der Waals surface area contributed by atoms with E-state index in [1.54, 1.807) is 13.0 Å². The number of anilines is 1. The molecule has 1 unspecified atom stereocenters. The van der Waals surface area contributed by atoms with Gasteiger partial charge in [-0.15, -0.1) is 11.3 Å². The number of esters is 1.